The summed E-state index contributed by atoms with van der Waals surface area (Å²) < 4.78 is 5.78. The van der Waals surface area contributed by atoms with Crippen LogP contribution in [0.5, 0.6) is 5.75 Å². The minimum atomic E-state index is -0.523. The topological polar surface area (TPSA) is 64.4 Å². The maximum Gasteiger partial charge on any atom is 0.237 e. The van der Waals surface area contributed by atoms with Gasteiger partial charge >= 0.3 is 0 Å². The van der Waals surface area contributed by atoms with Crippen LogP contribution < -0.4 is 15.8 Å². The van der Waals surface area contributed by atoms with Gasteiger partial charge < -0.3 is 15.8 Å². The number of hydrogen-bond donors (Lipinski definition) is 2. The number of halogens is 1. The highest BCUT2D eigenvalue weighted by molar-refractivity contribution is 5.88. The third kappa shape index (κ3) is 5.12. The Balaban J connectivity index is 0.00000264. The van der Waals surface area contributed by atoms with Crippen molar-refractivity contribution in [3.63, 3.8) is 0 Å². The standard InChI is InChI=1S/C18H24N2O2.ClH/c1-18(2,3)16(19)17(21)20-11-12-22-15-10-6-8-13-7-4-5-9-14(13)15;/h4-10,16H,11-12,19H2,1-3H3,(H,20,21);1H/t16-;/m1./s1. The van der Waals surface area contributed by atoms with Gasteiger partial charge in [0, 0.05) is 5.39 Å². The van der Waals surface area contributed by atoms with Crippen LogP contribution in [0.3, 0.4) is 0 Å². The third-order valence-electron chi connectivity index (χ3n) is 3.62. The normalized spacial score (nSPS) is 12.3. The number of hydrogen-bond acceptors (Lipinski definition) is 3. The fraction of sp³-hybridized carbons (Fsp3) is 0.389. The van der Waals surface area contributed by atoms with Gasteiger partial charge in [-0.05, 0) is 16.9 Å². The first kappa shape index (κ1) is 19.3. The molecule has 0 aromatic heterocycles. The Hall–Kier alpha value is -1.78. The number of nitrogens with two attached hydrogens (primary N) is 1. The Morgan fingerprint density at radius 2 is 1.83 bits per heavy atom. The molecule has 0 unspecified atom stereocenters. The Labute approximate surface area is 143 Å². The Morgan fingerprint density at radius 1 is 1.17 bits per heavy atom. The Kier molecular flexibility index (Phi) is 6.85. The molecular weight excluding hydrogens is 312 g/mol. The number of rotatable bonds is 5. The summed E-state index contributed by atoms with van der Waals surface area (Å²) in [6.45, 7) is 6.69. The second kappa shape index (κ2) is 8.18. The van der Waals surface area contributed by atoms with Crippen molar-refractivity contribution in [2.24, 2.45) is 11.1 Å². The fourth-order valence-corrected chi connectivity index (χ4v) is 2.16. The van der Waals surface area contributed by atoms with Crippen LogP contribution in [0.2, 0.25) is 0 Å². The van der Waals surface area contributed by atoms with Crippen molar-refractivity contribution in [2.75, 3.05) is 13.2 Å². The van der Waals surface area contributed by atoms with Crippen molar-refractivity contribution in [3.8, 4) is 5.75 Å². The number of carbonyl (C=O) groups is 1. The van der Waals surface area contributed by atoms with Crippen molar-refractivity contribution in [3.05, 3.63) is 42.5 Å². The minimum absolute atomic E-state index is 0. The molecule has 0 radical (unpaired) electrons. The van der Waals surface area contributed by atoms with Crippen molar-refractivity contribution in [1.82, 2.24) is 5.32 Å². The molecule has 0 aliphatic carbocycles. The molecule has 0 heterocycles. The van der Waals surface area contributed by atoms with Crippen LogP contribution >= 0.6 is 12.4 Å². The van der Waals surface area contributed by atoms with Gasteiger partial charge in [0.25, 0.3) is 0 Å². The number of benzene rings is 2. The van der Waals surface area contributed by atoms with Gasteiger partial charge in [0.15, 0.2) is 0 Å². The molecule has 23 heavy (non-hydrogen) atoms. The number of carbonyl (C=O) groups excluding carboxylic acids is 1. The van der Waals surface area contributed by atoms with Crippen LogP contribution in [0.25, 0.3) is 10.8 Å². The zero-order chi connectivity index (χ0) is 16.2. The van der Waals surface area contributed by atoms with Gasteiger partial charge in [0.05, 0.1) is 12.6 Å². The van der Waals surface area contributed by atoms with Gasteiger partial charge in [0.2, 0.25) is 5.91 Å². The van der Waals surface area contributed by atoms with Gasteiger partial charge in [-0.2, -0.15) is 0 Å². The van der Waals surface area contributed by atoms with Gasteiger partial charge in [-0.3, -0.25) is 4.79 Å². The Bertz CT molecular complexity index is 648. The van der Waals surface area contributed by atoms with Crippen LogP contribution in [0.4, 0.5) is 0 Å². The molecule has 0 fully saturated rings. The van der Waals surface area contributed by atoms with E-state index in [0.29, 0.717) is 13.2 Å². The maximum absolute atomic E-state index is 11.9. The van der Waals surface area contributed by atoms with E-state index in [-0.39, 0.29) is 23.7 Å². The van der Waals surface area contributed by atoms with Crippen LogP contribution in [0, 0.1) is 5.41 Å². The lowest BCUT2D eigenvalue weighted by atomic mass is 9.87. The molecule has 4 nitrogen and oxygen atoms in total. The average Bonchev–Trinajstić information content (AvgIpc) is 2.49. The first-order valence-electron chi connectivity index (χ1n) is 7.53. The Morgan fingerprint density at radius 3 is 2.52 bits per heavy atom. The molecule has 2 aromatic rings. The van der Waals surface area contributed by atoms with Crippen LogP contribution in [0.15, 0.2) is 42.5 Å². The van der Waals surface area contributed by atoms with E-state index in [1.54, 1.807) is 0 Å². The summed E-state index contributed by atoms with van der Waals surface area (Å²) in [5.74, 6) is 0.682. The maximum atomic E-state index is 11.9. The quantitative estimate of drug-likeness (QED) is 0.824. The summed E-state index contributed by atoms with van der Waals surface area (Å²) in [5.41, 5.74) is 5.66. The number of nitrogens with one attached hydrogen (secondary N) is 1. The smallest absolute Gasteiger partial charge is 0.237 e. The highest BCUT2D eigenvalue weighted by Crippen LogP contribution is 2.24. The van der Waals surface area contributed by atoms with E-state index in [2.05, 4.69) is 5.32 Å². The molecule has 2 aromatic carbocycles. The highest BCUT2D eigenvalue weighted by atomic mass is 35.5. The van der Waals surface area contributed by atoms with Gasteiger partial charge in [-0.1, -0.05) is 57.2 Å². The summed E-state index contributed by atoms with van der Waals surface area (Å²) in [4.78, 5) is 11.9. The number of fused-ring (bicyclic) bond motifs is 1. The van der Waals surface area contributed by atoms with E-state index in [4.69, 9.17) is 10.5 Å². The monoisotopic (exact) mass is 336 g/mol. The predicted octanol–water partition coefficient (Wildman–Crippen LogP) is 3.13. The first-order chi connectivity index (χ1) is 10.4. The van der Waals surface area contributed by atoms with Crippen LogP contribution in [-0.2, 0) is 4.79 Å². The molecule has 2 rings (SSSR count). The van der Waals surface area contributed by atoms with Gasteiger partial charge in [-0.25, -0.2) is 0 Å². The minimum Gasteiger partial charge on any atom is -0.491 e. The molecule has 0 saturated carbocycles. The van der Waals surface area contributed by atoms with Gasteiger partial charge in [0.1, 0.15) is 12.4 Å². The van der Waals surface area contributed by atoms with Crippen molar-refractivity contribution < 1.29 is 9.53 Å². The zero-order valence-electron chi connectivity index (χ0n) is 13.8. The predicted molar refractivity (Wildman–Crippen MR) is 97.1 cm³/mol. The molecule has 0 saturated heterocycles. The summed E-state index contributed by atoms with van der Waals surface area (Å²) >= 11 is 0. The zero-order valence-corrected chi connectivity index (χ0v) is 14.7. The largest absolute Gasteiger partial charge is 0.491 e. The van der Waals surface area contributed by atoms with E-state index in [1.165, 1.54) is 0 Å². The molecule has 3 N–H and O–H groups in total. The molecule has 1 atom stereocenters. The molecule has 1 amide bonds. The average molecular weight is 337 g/mol. The summed E-state index contributed by atoms with van der Waals surface area (Å²) in [7, 11) is 0. The molecule has 0 bridgehead atoms. The lowest BCUT2D eigenvalue weighted by Crippen LogP contribution is -2.49. The molecule has 126 valence electrons. The van der Waals surface area contributed by atoms with E-state index >= 15 is 0 Å². The summed E-state index contributed by atoms with van der Waals surface area (Å²) in [5, 5.41) is 5.03. The fourth-order valence-electron chi connectivity index (χ4n) is 2.16. The summed E-state index contributed by atoms with van der Waals surface area (Å²) in [6.07, 6.45) is 0. The number of amides is 1. The molecule has 5 heteroatoms. The highest BCUT2D eigenvalue weighted by Gasteiger charge is 2.26. The van der Waals surface area contributed by atoms with Gasteiger partial charge in [-0.15, -0.1) is 12.4 Å². The van der Waals surface area contributed by atoms with Crippen molar-refractivity contribution >= 4 is 29.1 Å². The van der Waals surface area contributed by atoms with E-state index in [0.717, 1.165) is 16.5 Å². The summed E-state index contributed by atoms with van der Waals surface area (Å²) in [6, 6.07) is 13.5. The number of ether oxygens (including phenoxy) is 1. The lowest BCUT2D eigenvalue weighted by Gasteiger charge is -2.25. The second-order valence-corrected chi connectivity index (χ2v) is 6.46. The van der Waals surface area contributed by atoms with Crippen LogP contribution in [-0.4, -0.2) is 25.1 Å². The first-order valence-corrected chi connectivity index (χ1v) is 7.53. The molecule has 0 aliphatic rings. The molecular formula is C18H25ClN2O2. The lowest BCUT2D eigenvalue weighted by molar-refractivity contribution is -0.124. The van der Waals surface area contributed by atoms with E-state index in [1.807, 2.05) is 63.2 Å². The second-order valence-electron chi connectivity index (χ2n) is 6.46. The third-order valence-corrected chi connectivity index (χ3v) is 3.62. The van der Waals surface area contributed by atoms with Crippen molar-refractivity contribution in [1.29, 1.82) is 0 Å². The molecule has 0 aliphatic heterocycles. The SMILES string of the molecule is CC(C)(C)[C@H](N)C(=O)NCCOc1cccc2ccccc12.Cl. The van der Waals surface area contributed by atoms with Crippen molar-refractivity contribution in [2.45, 2.75) is 26.8 Å². The van der Waals surface area contributed by atoms with E-state index < -0.39 is 6.04 Å². The molecule has 0 spiro atoms. The van der Waals surface area contributed by atoms with E-state index in [9.17, 15) is 4.79 Å². The van der Waals surface area contributed by atoms with Crippen LogP contribution in [0.1, 0.15) is 20.8 Å².